The first-order valence-corrected chi connectivity index (χ1v) is 7.88. The molecule has 1 heterocycles. The van der Waals surface area contributed by atoms with Gasteiger partial charge in [0, 0.05) is 24.4 Å². The Morgan fingerprint density at radius 1 is 1.39 bits per heavy atom. The van der Waals surface area contributed by atoms with Crippen LogP contribution in [-0.2, 0) is 11.3 Å². The molecule has 0 radical (unpaired) electrons. The Balaban J connectivity index is 1.81. The summed E-state index contributed by atoms with van der Waals surface area (Å²) in [5.74, 6) is 1.46. The van der Waals surface area contributed by atoms with Gasteiger partial charge in [0.05, 0.1) is 5.69 Å². The second kappa shape index (κ2) is 5.27. The highest BCUT2D eigenvalue weighted by Crippen LogP contribution is 2.47. The third-order valence-electron chi connectivity index (χ3n) is 3.79. The van der Waals surface area contributed by atoms with E-state index in [0.717, 1.165) is 24.9 Å². The van der Waals surface area contributed by atoms with Crippen LogP contribution in [0.1, 0.15) is 60.2 Å². The van der Waals surface area contributed by atoms with Crippen molar-refractivity contribution in [3.05, 3.63) is 15.6 Å². The van der Waals surface area contributed by atoms with Gasteiger partial charge in [0.1, 0.15) is 11.1 Å². The van der Waals surface area contributed by atoms with Crippen LogP contribution < -0.4 is 5.32 Å². The molecule has 0 aromatic carbocycles. The molecule has 0 amide bonds. The van der Waals surface area contributed by atoms with E-state index in [1.165, 1.54) is 41.3 Å². The number of rotatable bonds is 7. The molecule has 18 heavy (non-hydrogen) atoms. The van der Waals surface area contributed by atoms with Gasteiger partial charge >= 0.3 is 0 Å². The Morgan fingerprint density at radius 3 is 2.72 bits per heavy atom. The maximum atomic E-state index is 5.66. The molecule has 3 nitrogen and oxygen atoms in total. The average Bonchev–Trinajstić information content (AvgIpc) is 3.27. The zero-order valence-electron chi connectivity index (χ0n) is 11.2. The highest BCUT2D eigenvalue weighted by atomic mass is 32.1. The average molecular weight is 266 g/mol. The standard InChI is InChI=1S/C14H22N2OS/c1-3-15-8-11-12(9-4-5-9)16-14(18-11)13(17-2)10-6-7-10/h9-10,13,15H,3-8H2,1-2H3. The zero-order valence-corrected chi connectivity index (χ0v) is 12.1. The third-order valence-corrected chi connectivity index (χ3v) is 4.92. The Labute approximate surface area is 113 Å². The van der Waals surface area contributed by atoms with Crippen molar-refractivity contribution >= 4 is 11.3 Å². The first-order valence-electron chi connectivity index (χ1n) is 7.06. The monoisotopic (exact) mass is 266 g/mol. The van der Waals surface area contributed by atoms with E-state index in [0.29, 0.717) is 0 Å². The van der Waals surface area contributed by atoms with E-state index in [2.05, 4.69) is 12.2 Å². The van der Waals surface area contributed by atoms with E-state index >= 15 is 0 Å². The maximum Gasteiger partial charge on any atom is 0.122 e. The number of thiazole rings is 1. The zero-order chi connectivity index (χ0) is 12.5. The number of hydrogen-bond donors (Lipinski definition) is 1. The Hall–Kier alpha value is -0.450. The van der Waals surface area contributed by atoms with Gasteiger partial charge in [-0.3, -0.25) is 0 Å². The molecule has 4 heteroatoms. The van der Waals surface area contributed by atoms with Crippen LogP contribution in [-0.4, -0.2) is 18.6 Å². The molecule has 0 spiro atoms. The lowest BCUT2D eigenvalue weighted by atomic mass is 10.2. The molecule has 1 aromatic rings. The van der Waals surface area contributed by atoms with Crippen LogP contribution in [0.2, 0.25) is 0 Å². The number of nitrogens with zero attached hydrogens (tertiary/aromatic N) is 1. The first-order chi connectivity index (χ1) is 8.83. The minimum atomic E-state index is 0.253. The summed E-state index contributed by atoms with van der Waals surface area (Å²) in [5, 5.41) is 4.65. The maximum absolute atomic E-state index is 5.66. The lowest BCUT2D eigenvalue weighted by Gasteiger charge is -2.10. The van der Waals surface area contributed by atoms with Crippen LogP contribution in [0.5, 0.6) is 0 Å². The summed E-state index contributed by atoms with van der Waals surface area (Å²) in [5.41, 5.74) is 1.36. The van der Waals surface area contributed by atoms with Gasteiger partial charge in [0.25, 0.3) is 0 Å². The molecule has 1 atom stereocenters. The second-order valence-corrected chi connectivity index (χ2v) is 6.52. The van der Waals surface area contributed by atoms with Crippen molar-refractivity contribution in [3.63, 3.8) is 0 Å². The Morgan fingerprint density at radius 2 is 2.17 bits per heavy atom. The van der Waals surface area contributed by atoms with Crippen molar-refractivity contribution in [2.45, 2.75) is 51.2 Å². The molecule has 0 bridgehead atoms. The molecule has 2 aliphatic rings. The van der Waals surface area contributed by atoms with E-state index in [4.69, 9.17) is 9.72 Å². The molecular weight excluding hydrogens is 244 g/mol. The molecule has 0 saturated heterocycles. The van der Waals surface area contributed by atoms with Crippen molar-refractivity contribution in [1.82, 2.24) is 10.3 Å². The minimum absolute atomic E-state index is 0.253. The predicted molar refractivity (Wildman–Crippen MR) is 73.9 cm³/mol. The molecule has 1 unspecified atom stereocenters. The van der Waals surface area contributed by atoms with E-state index in [1.807, 2.05) is 18.4 Å². The fourth-order valence-electron chi connectivity index (χ4n) is 2.44. The van der Waals surface area contributed by atoms with Gasteiger partial charge in [-0.2, -0.15) is 0 Å². The summed E-state index contributed by atoms with van der Waals surface area (Å²) in [6.07, 6.45) is 5.51. The van der Waals surface area contributed by atoms with Crippen LogP contribution >= 0.6 is 11.3 Å². The Bertz CT molecular complexity index is 410. The molecule has 1 N–H and O–H groups in total. The predicted octanol–water partition coefficient (Wildman–Crippen LogP) is 3.23. The molecular formula is C14H22N2OS. The molecule has 1 aromatic heterocycles. The van der Waals surface area contributed by atoms with Crippen molar-refractivity contribution < 1.29 is 4.74 Å². The summed E-state index contributed by atoms with van der Waals surface area (Å²) in [6, 6.07) is 0. The molecule has 2 saturated carbocycles. The fourth-order valence-corrected chi connectivity index (χ4v) is 3.73. The molecule has 100 valence electrons. The van der Waals surface area contributed by atoms with Gasteiger partial charge in [-0.25, -0.2) is 4.98 Å². The van der Waals surface area contributed by atoms with E-state index in [-0.39, 0.29) is 6.10 Å². The molecule has 2 aliphatic carbocycles. The topological polar surface area (TPSA) is 34.1 Å². The summed E-state index contributed by atoms with van der Waals surface area (Å²) < 4.78 is 5.66. The van der Waals surface area contributed by atoms with Crippen LogP contribution in [0.15, 0.2) is 0 Å². The highest BCUT2D eigenvalue weighted by Gasteiger charge is 2.37. The van der Waals surface area contributed by atoms with Crippen molar-refractivity contribution in [2.24, 2.45) is 5.92 Å². The number of ether oxygens (including phenoxy) is 1. The summed E-state index contributed by atoms with van der Waals surface area (Å²) >= 11 is 1.87. The minimum Gasteiger partial charge on any atom is -0.374 e. The normalized spacial score (nSPS) is 21.2. The van der Waals surface area contributed by atoms with E-state index in [9.17, 15) is 0 Å². The number of nitrogens with one attached hydrogen (secondary N) is 1. The summed E-state index contributed by atoms with van der Waals surface area (Å²) in [4.78, 5) is 6.35. The van der Waals surface area contributed by atoms with Gasteiger partial charge in [-0.15, -0.1) is 11.3 Å². The number of hydrogen-bond acceptors (Lipinski definition) is 4. The second-order valence-electron chi connectivity index (χ2n) is 5.41. The lowest BCUT2D eigenvalue weighted by molar-refractivity contribution is 0.0842. The number of methoxy groups -OCH3 is 1. The smallest absolute Gasteiger partial charge is 0.122 e. The quantitative estimate of drug-likeness (QED) is 0.822. The largest absolute Gasteiger partial charge is 0.374 e. The van der Waals surface area contributed by atoms with Gasteiger partial charge in [-0.05, 0) is 38.1 Å². The van der Waals surface area contributed by atoms with Crippen molar-refractivity contribution in [1.29, 1.82) is 0 Å². The van der Waals surface area contributed by atoms with Crippen LogP contribution in [0.25, 0.3) is 0 Å². The van der Waals surface area contributed by atoms with Gasteiger partial charge in [0.2, 0.25) is 0 Å². The van der Waals surface area contributed by atoms with Crippen LogP contribution in [0.4, 0.5) is 0 Å². The Kier molecular flexibility index (Phi) is 3.68. The van der Waals surface area contributed by atoms with Gasteiger partial charge in [-0.1, -0.05) is 6.92 Å². The molecule has 2 fully saturated rings. The SMILES string of the molecule is CCNCc1sc(C(OC)C2CC2)nc1C1CC1. The van der Waals surface area contributed by atoms with Crippen molar-refractivity contribution in [2.75, 3.05) is 13.7 Å². The number of aromatic nitrogens is 1. The first kappa shape index (κ1) is 12.6. The highest BCUT2D eigenvalue weighted by molar-refractivity contribution is 7.11. The third kappa shape index (κ3) is 2.60. The van der Waals surface area contributed by atoms with E-state index < -0.39 is 0 Å². The molecule has 0 aliphatic heterocycles. The fraction of sp³-hybridized carbons (Fsp3) is 0.786. The van der Waals surface area contributed by atoms with Crippen LogP contribution in [0.3, 0.4) is 0 Å². The van der Waals surface area contributed by atoms with Crippen LogP contribution in [0, 0.1) is 5.92 Å². The van der Waals surface area contributed by atoms with Gasteiger partial charge in [0.15, 0.2) is 0 Å². The summed E-state index contributed by atoms with van der Waals surface area (Å²) in [6.45, 7) is 4.15. The van der Waals surface area contributed by atoms with Crippen molar-refractivity contribution in [3.8, 4) is 0 Å². The van der Waals surface area contributed by atoms with E-state index in [1.54, 1.807) is 0 Å². The molecule has 3 rings (SSSR count). The lowest BCUT2D eigenvalue weighted by Crippen LogP contribution is -2.11. The van der Waals surface area contributed by atoms with Gasteiger partial charge < -0.3 is 10.1 Å². The summed E-state index contributed by atoms with van der Waals surface area (Å²) in [7, 11) is 1.82.